The molecule has 27 heavy (non-hydrogen) atoms. The minimum absolute atomic E-state index is 0.0571. The summed E-state index contributed by atoms with van der Waals surface area (Å²) in [6.45, 7) is 10.1. The summed E-state index contributed by atoms with van der Waals surface area (Å²) in [6, 6.07) is 11.9. The first-order valence-electron chi connectivity index (χ1n) is 9.59. The molecule has 0 heterocycles. The second-order valence-electron chi connectivity index (χ2n) is 6.91. The molecule has 0 bridgehead atoms. The Labute approximate surface area is 162 Å². The van der Waals surface area contributed by atoms with Crippen molar-refractivity contribution in [1.29, 1.82) is 0 Å². The van der Waals surface area contributed by atoms with E-state index in [9.17, 15) is 4.79 Å². The van der Waals surface area contributed by atoms with Crippen LogP contribution in [0.15, 0.2) is 36.4 Å². The Morgan fingerprint density at radius 1 is 1.00 bits per heavy atom. The summed E-state index contributed by atoms with van der Waals surface area (Å²) in [5.41, 5.74) is 4.36. The third-order valence-corrected chi connectivity index (χ3v) is 5.03. The predicted octanol–water partition coefficient (Wildman–Crippen LogP) is 5.05. The largest absolute Gasteiger partial charge is 0.496 e. The van der Waals surface area contributed by atoms with Crippen LogP contribution in [0.1, 0.15) is 55.0 Å². The average molecular weight is 370 g/mol. The van der Waals surface area contributed by atoms with E-state index in [-0.39, 0.29) is 11.9 Å². The first-order chi connectivity index (χ1) is 12.9. The molecule has 146 valence electrons. The molecule has 0 unspecified atom stereocenters. The Balaban J connectivity index is 2.14. The van der Waals surface area contributed by atoms with E-state index in [0.717, 1.165) is 40.2 Å². The van der Waals surface area contributed by atoms with E-state index in [1.807, 2.05) is 58.0 Å². The molecule has 4 heteroatoms. The molecule has 2 atom stereocenters. The monoisotopic (exact) mass is 369 g/mol. The lowest BCUT2D eigenvalue weighted by atomic mass is 10.0. The Morgan fingerprint density at radius 2 is 1.74 bits per heavy atom. The van der Waals surface area contributed by atoms with Crippen LogP contribution in [-0.4, -0.2) is 19.1 Å². The summed E-state index contributed by atoms with van der Waals surface area (Å²) in [4.78, 5) is 12.9. The van der Waals surface area contributed by atoms with Crippen LogP contribution in [-0.2, 0) is 4.79 Å². The number of aryl methyl sites for hydroxylation is 2. The van der Waals surface area contributed by atoms with Crippen LogP contribution in [0.2, 0.25) is 0 Å². The Bertz CT molecular complexity index is 785. The normalized spacial score (nSPS) is 13.0. The number of ether oxygens (including phenoxy) is 2. The number of methoxy groups -OCH3 is 1. The number of carbonyl (C=O) groups excluding carboxylic acids is 1. The van der Waals surface area contributed by atoms with Crippen molar-refractivity contribution in [2.24, 2.45) is 0 Å². The molecule has 0 aliphatic carbocycles. The van der Waals surface area contributed by atoms with Gasteiger partial charge in [0.15, 0.2) is 6.10 Å². The zero-order chi connectivity index (χ0) is 20.0. The molecule has 0 aromatic heterocycles. The molecule has 2 aromatic carbocycles. The fourth-order valence-electron chi connectivity index (χ4n) is 3.13. The fraction of sp³-hybridized carbons (Fsp3) is 0.435. The van der Waals surface area contributed by atoms with Gasteiger partial charge in [0.2, 0.25) is 0 Å². The number of hydrogen-bond acceptors (Lipinski definition) is 3. The molecule has 0 aliphatic heterocycles. The van der Waals surface area contributed by atoms with Gasteiger partial charge in [0.25, 0.3) is 5.91 Å². The van der Waals surface area contributed by atoms with Gasteiger partial charge >= 0.3 is 0 Å². The molecule has 4 nitrogen and oxygen atoms in total. The summed E-state index contributed by atoms with van der Waals surface area (Å²) in [6.07, 6.45) is 0.897. The molecule has 1 N–H and O–H groups in total. The summed E-state index contributed by atoms with van der Waals surface area (Å²) >= 11 is 0. The highest BCUT2D eigenvalue weighted by Crippen LogP contribution is 2.25. The summed E-state index contributed by atoms with van der Waals surface area (Å²) in [5.74, 6) is 1.54. The zero-order valence-corrected chi connectivity index (χ0v) is 17.3. The molecule has 2 rings (SSSR count). The Kier molecular flexibility index (Phi) is 7.28. The molecule has 0 fully saturated rings. The smallest absolute Gasteiger partial charge is 0.261 e. The van der Waals surface area contributed by atoms with E-state index in [4.69, 9.17) is 9.47 Å². The van der Waals surface area contributed by atoms with Crippen molar-refractivity contribution >= 4 is 5.91 Å². The number of carbonyl (C=O) groups is 1. The lowest BCUT2D eigenvalue weighted by molar-refractivity contribution is -0.129. The first-order valence-corrected chi connectivity index (χ1v) is 9.59. The zero-order valence-electron chi connectivity index (χ0n) is 17.3. The molecule has 0 spiro atoms. The van der Waals surface area contributed by atoms with Crippen LogP contribution in [0.5, 0.6) is 11.5 Å². The highest BCUT2D eigenvalue weighted by molar-refractivity contribution is 5.81. The number of amides is 1. The highest BCUT2D eigenvalue weighted by Gasteiger charge is 2.23. The highest BCUT2D eigenvalue weighted by atomic mass is 16.5. The molecule has 0 radical (unpaired) electrons. The lowest BCUT2D eigenvalue weighted by Crippen LogP contribution is -2.40. The van der Waals surface area contributed by atoms with Crippen LogP contribution in [0.25, 0.3) is 0 Å². The third-order valence-electron chi connectivity index (χ3n) is 5.03. The minimum Gasteiger partial charge on any atom is -0.496 e. The molecular formula is C23H31NO3. The van der Waals surface area contributed by atoms with Gasteiger partial charge < -0.3 is 14.8 Å². The maximum Gasteiger partial charge on any atom is 0.261 e. The number of benzene rings is 2. The number of nitrogens with one attached hydrogen (secondary N) is 1. The van der Waals surface area contributed by atoms with Crippen LogP contribution in [0.4, 0.5) is 0 Å². The van der Waals surface area contributed by atoms with Crippen molar-refractivity contribution in [3.63, 3.8) is 0 Å². The second-order valence-corrected chi connectivity index (χ2v) is 6.91. The van der Waals surface area contributed by atoms with Crippen LogP contribution < -0.4 is 14.8 Å². The molecule has 0 aliphatic rings. The van der Waals surface area contributed by atoms with E-state index >= 15 is 0 Å². The number of hydrogen-bond donors (Lipinski definition) is 1. The molecule has 0 saturated heterocycles. The number of rotatable bonds is 8. The van der Waals surface area contributed by atoms with Crippen LogP contribution in [0.3, 0.4) is 0 Å². The van der Waals surface area contributed by atoms with E-state index in [0.29, 0.717) is 6.42 Å². The van der Waals surface area contributed by atoms with Gasteiger partial charge in [0.05, 0.1) is 13.2 Å². The van der Waals surface area contributed by atoms with Gasteiger partial charge in [-0.3, -0.25) is 4.79 Å². The van der Waals surface area contributed by atoms with Gasteiger partial charge in [-0.2, -0.15) is 0 Å². The van der Waals surface area contributed by atoms with Crippen molar-refractivity contribution in [2.75, 3.05) is 7.11 Å². The van der Waals surface area contributed by atoms with Gasteiger partial charge in [-0.1, -0.05) is 38.1 Å². The molecule has 2 aromatic rings. The third kappa shape index (κ3) is 5.03. The minimum atomic E-state index is -0.515. The fourth-order valence-corrected chi connectivity index (χ4v) is 3.13. The standard InChI is InChI=1S/C23H31NO3/c1-7-19(18-12-13-21(26-6)16(4)14-18)24-23(25)20(8-2)27-22-11-9-10-15(3)17(22)5/h9-14,19-20H,7-8H2,1-6H3,(H,24,25)/t19-,20-/m1/s1. The van der Waals surface area contributed by atoms with Crippen molar-refractivity contribution in [1.82, 2.24) is 5.32 Å². The summed E-state index contributed by atoms with van der Waals surface area (Å²) in [5, 5.41) is 3.15. The molecule has 1 amide bonds. The maximum absolute atomic E-state index is 12.9. The van der Waals surface area contributed by atoms with E-state index < -0.39 is 6.10 Å². The quantitative estimate of drug-likeness (QED) is 0.709. The van der Waals surface area contributed by atoms with E-state index in [2.05, 4.69) is 18.3 Å². The van der Waals surface area contributed by atoms with Crippen molar-refractivity contribution in [2.45, 2.75) is 59.6 Å². The maximum atomic E-state index is 12.9. The van der Waals surface area contributed by atoms with E-state index in [1.54, 1.807) is 7.11 Å². The van der Waals surface area contributed by atoms with Crippen molar-refractivity contribution in [3.05, 3.63) is 58.7 Å². The predicted molar refractivity (Wildman–Crippen MR) is 110 cm³/mol. The second kappa shape index (κ2) is 9.45. The van der Waals surface area contributed by atoms with Gasteiger partial charge in [-0.25, -0.2) is 0 Å². The summed E-state index contributed by atoms with van der Waals surface area (Å²) in [7, 11) is 1.66. The summed E-state index contributed by atoms with van der Waals surface area (Å²) < 4.78 is 11.4. The first kappa shape index (κ1) is 20.8. The van der Waals surface area contributed by atoms with Gasteiger partial charge in [0.1, 0.15) is 11.5 Å². The van der Waals surface area contributed by atoms with Crippen LogP contribution in [0, 0.1) is 20.8 Å². The lowest BCUT2D eigenvalue weighted by Gasteiger charge is -2.24. The van der Waals surface area contributed by atoms with Gasteiger partial charge in [-0.15, -0.1) is 0 Å². The molecule has 0 saturated carbocycles. The van der Waals surface area contributed by atoms with Crippen molar-refractivity contribution < 1.29 is 14.3 Å². The van der Waals surface area contributed by atoms with Crippen LogP contribution >= 0.6 is 0 Å². The Hall–Kier alpha value is -2.49. The SMILES string of the molecule is CC[C@@H](Oc1cccc(C)c1C)C(=O)N[C@H](CC)c1ccc(OC)c(C)c1. The van der Waals surface area contributed by atoms with E-state index in [1.165, 1.54) is 0 Å². The van der Waals surface area contributed by atoms with Gasteiger partial charge in [-0.05, 0) is 68.0 Å². The Morgan fingerprint density at radius 3 is 2.33 bits per heavy atom. The molecular weight excluding hydrogens is 338 g/mol. The average Bonchev–Trinajstić information content (AvgIpc) is 2.67. The van der Waals surface area contributed by atoms with Crippen molar-refractivity contribution in [3.8, 4) is 11.5 Å². The van der Waals surface area contributed by atoms with Gasteiger partial charge in [0, 0.05) is 0 Å². The topological polar surface area (TPSA) is 47.6 Å².